The maximum atomic E-state index is 13.7. The third-order valence-electron chi connectivity index (χ3n) is 7.48. The molecular formula is C35H36ClF3N2O4S. The van der Waals surface area contributed by atoms with E-state index in [4.69, 9.17) is 16.3 Å². The first-order valence-electron chi connectivity index (χ1n) is 14.7. The van der Waals surface area contributed by atoms with Gasteiger partial charge in [0.1, 0.15) is 5.75 Å². The first-order chi connectivity index (χ1) is 21.8. The fourth-order valence-corrected chi connectivity index (χ4v) is 6.48. The second kappa shape index (κ2) is 15.6. The largest absolute Gasteiger partial charge is 0.494 e. The Hall–Kier alpha value is -3.86. The van der Waals surface area contributed by atoms with Gasteiger partial charge in [0.15, 0.2) is 9.84 Å². The lowest BCUT2D eigenvalue weighted by Crippen LogP contribution is -2.31. The van der Waals surface area contributed by atoms with Gasteiger partial charge in [-0.1, -0.05) is 90.5 Å². The zero-order valence-electron chi connectivity index (χ0n) is 25.6. The lowest BCUT2D eigenvalue weighted by Gasteiger charge is -2.29. The number of sulfone groups is 1. The first-order valence-corrected chi connectivity index (χ1v) is 17.0. The maximum Gasteiger partial charge on any atom is 0.417 e. The summed E-state index contributed by atoms with van der Waals surface area (Å²) in [6.45, 7) is 2.77. The van der Waals surface area contributed by atoms with E-state index in [9.17, 15) is 26.4 Å². The Morgan fingerprint density at radius 2 is 1.54 bits per heavy atom. The molecule has 46 heavy (non-hydrogen) atoms. The molecule has 0 aromatic heterocycles. The molecule has 1 N–H and O–H groups in total. The zero-order chi connectivity index (χ0) is 33.3. The molecule has 1 amide bonds. The molecule has 6 nitrogen and oxygen atoms in total. The van der Waals surface area contributed by atoms with Crippen molar-refractivity contribution < 1.29 is 31.1 Å². The number of nitrogens with one attached hydrogen (secondary N) is 1. The number of ether oxygens (including phenoxy) is 1. The molecule has 0 aliphatic heterocycles. The van der Waals surface area contributed by atoms with Gasteiger partial charge in [0.05, 0.1) is 22.1 Å². The van der Waals surface area contributed by atoms with Crippen LogP contribution < -0.4 is 10.1 Å². The summed E-state index contributed by atoms with van der Waals surface area (Å²) in [6, 6.07) is 28.5. The number of carbonyl (C=O) groups is 1. The smallest absolute Gasteiger partial charge is 0.417 e. The van der Waals surface area contributed by atoms with E-state index < -0.39 is 21.6 Å². The van der Waals surface area contributed by atoms with E-state index in [1.54, 1.807) is 18.2 Å². The molecular weight excluding hydrogens is 637 g/mol. The molecule has 244 valence electrons. The van der Waals surface area contributed by atoms with Gasteiger partial charge in [-0.2, -0.15) is 13.2 Å². The van der Waals surface area contributed by atoms with Crippen LogP contribution in [-0.2, 0) is 33.9 Å². The van der Waals surface area contributed by atoms with Gasteiger partial charge < -0.3 is 10.1 Å². The molecule has 0 unspecified atom stereocenters. The van der Waals surface area contributed by atoms with E-state index in [2.05, 4.69) is 10.2 Å². The highest BCUT2D eigenvalue weighted by atomic mass is 35.5. The van der Waals surface area contributed by atoms with E-state index in [-0.39, 0.29) is 41.4 Å². The average molecular weight is 673 g/mol. The minimum Gasteiger partial charge on any atom is -0.494 e. The predicted octanol–water partition coefficient (Wildman–Crippen LogP) is 7.50. The molecule has 4 aromatic rings. The minimum atomic E-state index is -4.58. The van der Waals surface area contributed by atoms with Crippen molar-refractivity contribution in [3.63, 3.8) is 0 Å². The molecule has 11 heteroatoms. The number of nitrogens with zero attached hydrogens (tertiary/aromatic N) is 1. The van der Waals surface area contributed by atoms with Crippen LogP contribution in [0.1, 0.15) is 47.1 Å². The van der Waals surface area contributed by atoms with Crippen LogP contribution in [-0.4, -0.2) is 45.2 Å². The summed E-state index contributed by atoms with van der Waals surface area (Å²) in [4.78, 5) is 13.5. The molecule has 0 saturated carbocycles. The summed E-state index contributed by atoms with van der Waals surface area (Å²) in [5, 5.41) is 2.29. The lowest BCUT2D eigenvalue weighted by atomic mass is 9.90. The Kier molecular flexibility index (Phi) is 11.9. The number of halogens is 4. The minimum absolute atomic E-state index is 0.0631. The molecule has 4 aromatic carbocycles. The Balaban J connectivity index is 1.56. The molecule has 0 atom stereocenters. The SMILES string of the molecule is CC(=O)NCc1ccc(OCCCN(Cc2cccc(C(F)(F)F)c2Cl)CC(c2ccccc2)c2ccccc2)cc1S(C)(=O)=O. The van der Waals surface area contributed by atoms with Gasteiger partial charge in [0, 0.05) is 45.3 Å². The van der Waals surface area contributed by atoms with Crippen LogP contribution in [0.15, 0.2) is 102 Å². The van der Waals surface area contributed by atoms with E-state index >= 15 is 0 Å². The van der Waals surface area contributed by atoms with Crippen molar-refractivity contribution in [2.45, 2.75) is 43.4 Å². The summed E-state index contributed by atoms with van der Waals surface area (Å²) in [5.41, 5.74) is 2.07. The van der Waals surface area contributed by atoms with Gasteiger partial charge in [-0.05, 0) is 46.9 Å². The molecule has 0 bridgehead atoms. The predicted molar refractivity (Wildman–Crippen MR) is 174 cm³/mol. The Bertz CT molecular complexity index is 1680. The third kappa shape index (κ3) is 9.82. The Morgan fingerprint density at radius 1 is 0.913 bits per heavy atom. The van der Waals surface area contributed by atoms with Crippen molar-refractivity contribution in [3.05, 3.63) is 130 Å². The molecule has 0 saturated heterocycles. The van der Waals surface area contributed by atoms with E-state index in [1.807, 2.05) is 60.7 Å². The highest BCUT2D eigenvalue weighted by Gasteiger charge is 2.34. The number of rotatable bonds is 14. The quantitative estimate of drug-likeness (QED) is 0.141. The van der Waals surface area contributed by atoms with Crippen LogP contribution >= 0.6 is 11.6 Å². The lowest BCUT2D eigenvalue weighted by molar-refractivity contribution is -0.137. The van der Waals surface area contributed by atoms with Crippen molar-refractivity contribution in [1.82, 2.24) is 10.2 Å². The number of benzene rings is 4. The van der Waals surface area contributed by atoms with E-state index in [1.165, 1.54) is 19.1 Å². The summed E-state index contributed by atoms with van der Waals surface area (Å²) in [7, 11) is -3.60. The second-order valence-electron chi connectivity index (χ2n) is 11.0. The van der Waals surface area contributed by atoms with Gasteiger partial charge in [-0.15, -0.1) is 0 Å². The van der Waals surface area contributed by atoms with Gasteiger partial charge in [0.25, 0.3) is 0 Å². The topological polar surface area (TPSA) is 75.7 Å². The molecule has 0 spiro atoms. The third-order valence-corrected chi connectivity index (χ3v) is 9.10. The molecule has 0 fully saturated rings. The fourth-order valence-electron chi connectivity index (χ4n) is 5.24. The van der Waals surface area contributed by atoms with Crippen molar-refractivity contribution >= 4 is 27.3 Å². The molecule has 4 rings (SSSR count). The van der Waals surface area contributed by atoms with Crippen LogP contribution in [0.3, 0.4) is 0 Å². The Morgan fingerprint density at radius 3 is 2.11 bits per heavy atom. The zero-order valence-corrected chi connectivity index (χ0v) is 27.1. The number of alkyl halides is 3. The summed E-state index contributed by atoms with van der Waals surface area (Å²) < 4.78 is 71.8. The van der Waals surface area contributed by atoms with Crippen molar-refractivity contribution in [3.8, 4) is 5.75 Å². The van der Waals surface area contributed by atoms with Crippen LogP contribution in [0.25, 0.3) is 0 Å². The van der Waals surface area contributed by atoms with Gasteiger partial charge in [-0.25, -0.2) is 8.42 Å². The van der Waals surface area contributed by atoms with Crippen LogP contribution in [0.2, 0.25) is 5.02 Å². The first kappa shape index (κ1) is 35.0. The Labute approximate surface area is 273 Å². The normalized spacial score (nSPS) is 12.0. The van der Waals surface area contributed by atoms with Gasteiger partial charge in [-0.3, -0.25) is 9.69 Å². The highest BCUT2D eigenvalue weighted by Crippen LogP contribution is 2.37. The standard InChI is InChI=1S/C35H36ClF3N2O4S/c1-25(42)40-22-28-17-18-30(21-33(28)46(2,43)44)45-20-10-19-41(23-29-15-9-16-32(34(29)36)35(37,38)39)24-31(26-11-5-3-6-12-26)27-13-7-4-8-14-27/h3-9,11-18,21,31H,10,19-20,22-24H2,1-2H3,(H,40,42). The molecule has 0 radical (unpaired) electrons. The number of carbonyl (C=O) groups excluding carboxylic acids is 1. The van der Waals surface area contributed by atoms with Crippen molar-refractivity contribution in [2.24, 2.45) is 0 Å². The second-order valence-corrected chi connectivity index (χ2v) is 13.4. The van der Waals surface area contributed by atoms with Crippen LogP contribution in [0.5, 0.6) is 5.75 Å². The number of hydrogen-bond donors (Lipinski definition) is 1. The maximum absolute atomic E-state index is 13.7. The summed E-state index contributed by atoms with van der Waals surface area (Å²) in [5.74, 6) is 0.00445. The molecule has 0 heterocycles. The summed E-state index contributed by atoms with van der Waals surface area (Å²) in [6.07, 6.45) is -2.99. The van der Waals surface area contributed by atoms with E-state index in [0.29, 0.717) is 36.4 Å². The van der Waals surface area contributed by atoms with Crippen LogP contribution in [0, 0.1) is 0 Å². The molecule has 0 aliphatic rings. The van der Waals surface area contributed by atoms with E-state index in [0.717, 1.165) is 23.4 Å². The van der Waals surface area contributed by atoms with Crippen molar-refractivity contribution in [1.29, 1.82) is 0 Å². The fraction of sp³-hybridized carbons (Fsp3) is 0.286. The highest BCUT2D eigenvalue weighted by molar-refractivity contribution is 7.90. The summed E-state index contributed by atoms with van der Waals surface area (Å²) >= 11 is 6.31. The molecule has 0 aliphatic carbocycles. The van der Waals surface area contributed by atoms with Crippen molar-refractivity contribution in [2.75, 3.05) is 26.0 Å². The number of amides is 1. The number of hydrogen-bond acceptors (Lipinski definition) is 5. The van der Waals surface area contributed by atoms with Crippen LogP contribution in [0.4, 0.5) is 13.2 Å². The van der Waals surface area contributed by atoms with Gasteiger partial charge >= 0.3 is 6.18 Å². The van der Waals surface area contributed by atoms with Gasteiger partial charge in [0.2, 0.25) is 5.91 Å². The average Bonchev–Trinajstić information content (AvgIpc) is 3.01. The monoisotopic (exact) mass is 672 g/mol.